The van der Waals surface area contributed by atoms with Gasteiger partial charge < -0.3 is 14.6 Å². The van der Waals surface area contributed by atoms with E-state index in [-0.39, 0.29) is 23.4 Å². The average molecular weight is 212 g/mol. The van der Waals surface area contributed by atoms with Gasteiger partial charge in [-0.2, -0.15) is 0 Å². The summed E-state index contributed by atoms with van der Waals surface area (Å²) >= 11 is 0. The van der Waals surface area contributed by atoms with E-state index in [1.165, 1.54) is 0 Å². The van der Waals surface area contributed by atoms with Gasteiger partial charge in [-0.3, -0.25) is 0 Å². The van der Waals surface area contributed by atoms with Gasteiger partial charge in [-0.1, -0.05) is 13.8 Å². The second-order valence-electron chi connectivity index (χ2n) is 5.75. The van der Waals surface area contributed by atoms with E-state index in [0.717, 1.165) is 12.8 Å². The number of aliphatic hydroxyl groups is 1. The standard InChI is InChI=1S/C12H20O3/c1-7-4-12(10(7)13)11(5-8(11)2)14-6-9(3)15-12/h7-10,13H,4-6H2,1-3H3. The van der Waals surface area contributed by atoms with Crippen molar-refractivity contribution in [1.29, 1.82) is 0 Å². The van der Waals surface area contributed by atoms with Crippen LogP contribution in [0.4, 0.5) is 0 Å². The first-order chi connectivity index (χ1) is 7.02. The van der Waals surface area contributed by atoms with Crippen molar-refractivity contribution in [2.75, 3.05) is 6.61 Å². The highest BCUT2D eigenvalue weighted by molar-refractivity contribution is 5.26. The van der Waals surface area contributed by atoms with Crippen LogP contribution in [0.15, 0.2) is 0 Å². The average Bonchev–Trinajstić information content (AvgIpc) is 2.85. The maximum atomic E-state index is 10.2. The number of rotatable bonds is 0. The maximum absolute atomic E-state index is 10.2. The molecule has 0 aromatic rings. The van der Waals surface area contributed by atoms with Crippen LogP contribution < -0.4 is 0 Å². The summed E-state index contributed by atoms with van der Waals surface area (Å²) < 4.78 is 12.1. The Morgan fingerprint density at radius 1 is 1.13 bits per heavy atom. The molecule has 2 spiro atoms. The van der Waals surface area contributed by atoms with Gasteiger partial charge in [0.25, 0.3) is 0 Å². The molecule has 6 unspecified atom stereocenters. The van der Waals surface area contributed by atoms with Crippen LogP contribution in [0.3, 0.4) is 0 Å². The third kappa shape index (κ3) is 1.02. The monoisotopic (exact) mass is 212 g/mol. The fourth-order valence-electron chi connectivity index (χ4n) is 3.62. The van der Waals surface area contributed by atoms with Crippen molar-refractivity contribution >= 4 is 0 Å². The predicted octanol–water partition coefficient (Wildman–Crippen LogP) is 1.34. The molecule has 3 nitrogen and oxygen atoms in total. The molecule has 86 valence electrons. The predicted molar refractivity (Wildman–Crippen MR) is 55.5 cm³/mol. The third-order valence-corrected chi connectivity index (χ3v) is 4.59. The van der Waals surface area contributed by atoms with E-state index in [4.69, 9.17) is 9.47 Å². The highest BCUT2D eigenvalue weighted by atomic mass is 16.6. The number of ether oxygens (including phenoxy) is 2. The molecular weight excluding hydrogens is 192 g/mol. The Hall–Kier alpha value is -0.120. The van der Waals surface area contributed by atoms with E-state index in [1.807, 2.05) is 6.92 Å². The topological polar surface area (TPSA) is 38.7 Å². The van der Waals surface area contributed by atoms with Gasteiger partial charge in [0.2, 0.25) is 0 Å². The van der Waals surface area contributed by atoms with Gasteiger partial charge in [0.15, 0.2) is 0 Å². The lowest BCUT2D eigenvalue weighted by molar-refractivity contribution is -0.332. The van der Waals surface area contributed by atoms with Gasteiger partial charge >= 0.3 is 0 Å². The molecule has 3 heteroatoms. The summed E-state index contributed by atoms with van der Waals surface area (Å²) in [5.41, 5.74) is -0.547. The Bertz CT molecular complexity index is 293. The summed E-state index contributed by atoms with van der Waals surface area (Å²) in [6.07, 6.45) is 1.77. The molecule has 1 heterocycles. The first kappa shape index (κ1) is 10.1. The highest BCUT2D eigenvalue weighted by Crippen LogP contribution is 2.65. The summed E-state index contributed by atoms with van der Waals surface area (Å²) in [6, 6.07) is 0. The zero-order valence-corrected chi connectivity index (χ0v) is 9.69. The molecule has 1 saturated heterocycles. The third-order valence-electron chi connectivity index (χ3n) is 4.59. The fourth-order valence-corrected chi connectivity index (χ4v) is 3.62. The minimum atomic E-state index is -0.385. The highest BCUT2D eigenvalue weighted by Gasteiger charge is 2.76. The van der Waals surface area contributed by atoms with Crippen molar-refractivity contribution in [2.45, 2.75) is 57.0 Å². The molecule has 0 amide bonds. The van der Waals surface area contributed by atoms with Crippen molar-refractivity contribution in [3.63, 3.8) is 0 Å². The summed E-state index contributed by atoms with van der Waals surface area (Å²) in [4.78, 5) is 0. The number of aliphatic hydroxyl groups excluding tert-OH is 1. The summed E-state index contributed by atoms with van der Waals surface area (Å²) in [5, 5.41) is 10.2. The molecule has 0 radical (unpaired) electrons. The van der Waals surface area contributed by atoms with E-state index in [2.05, 4.69) is 13.8 Å². The normalized spacial score (nSPS) is 63.2. The molecule has 0 aromatic heterocycles. The molecule has 3 rings (SSSR count). The van der Waals surface area contributed by atoms with Gasteiger partial charge in [-0.05, 0) is 31.6 Å². The fraction of sp³-hybridized carbons (Fsp3) is 1.00. The van der Waals surface area contributed by atoms with E-state index in [9.17, 15) is 5.11 Å². The second kappa shape index (κ2) is 2.76. The molecule has 2 aliphatic carbocycles. The Morgan fingerprint density at radius 3 is 2.27 bits per heavy atom. The maximum Gasteiger partial charge on any atom is 0.124 e. The Labute approximate surface area is 90.8 Å². The van der Waals surface area contributed by atoms with Crippen molar-refractivity contribution in [3.05, 3.63) is 0 Å². The lowest BCUT2D eigenvalue weighted by Gasteiger charge is -2.59. The van der Waals surface area contributed by atoms with Gasteiger partial charge in [-0.25, -0.2) is 0 Å². The summed E-state index contributed by atoms with van der Waals surface area (Å²) in [5.74, 6) is 0.885. The van der Waals surface area contributed by atoms with E-state index in [1.54, 1.807) is 0 Å². The Morgan fingerprint density at radius 2 is 1.80 bits per heavy atom. The van der Waals surface area contributed by atoms with Crippen molar-refractivity contribution in [1.82, 2.24) is 0 Å². The molecule has 3 fully saturated rings. The molecular formula is C12H20O3. The van der Waals surface area contributed by atoms with Gasteiger partial charge in [0, 0.05) is 0 Å². The van der Waals surface area contributed by atoms with Crippen LogP contribution in [0.5, 0.6) is 0 Å². The van der Waals surface area contributed by atoms with Crippen molar-refractivity contribution in [3.8, 4) is 0 Å². The minimum absolute atomic E-state index is 0.116. The number of hydrogen-bond acceptors (Lipinski definition) is 3. The first-order valence-electron chi connectivity index (χ1n) is 6.02. The summed E-state index contributed by atoms with van der Waals surface area (Å²) in [6.45, 7) is 6.97. The molecule has 3 aliphatic rings. The van der Waals surface area contributed by atoms with Crippen molar-refractivity contribution < 1.29 is 14.6 Å². The minimum Gasteiger partial charge on any atom is -0.390 e. The SMILES string of the molecule is CC1COC2(CC2C)C2(CC(C)C2O)O1. The van der Waals surface area contributed by atoms with Crippen LogP contribution in [0.2, 0.25) is 0 Å². The quantitative estimate of drug-likeness (QED) is 0.658. The largest absolute Gasteiger partial charge is 0.390 e. The van der Waals surface area contributed by atoms with Crippen LogP contribution in [0, 0.1) is 11.8 Å². The molecule has 1 N–H and O–H groups in total. The zero-order chi connectivity index (χ0) is 10.8. The lowest BCUT2D eigenvalue weighted by atomic mass is 9.63. The molecule has 6 atom stereocenters. The molecule has 15 heavy (non-hydrogen) atoms. The Kier molecular flexibility index (Phi) is 1.85. The Balaban J connectivity index is 1.90. The summed E-state index contributed by atoms with van der Waals surface area (Å²) in [7, 11) is 0. The second-order valence-corrected chi connectivity index (χ2v) is 5.75. The van der Waals surface area contributed by atoms with Crippen LogP contribution in [0.25, 0.3) is 0 Å². The molecule has 2 saturated carbocycles. The van der Waals surface area contributed by atoms with Crippen LogP contribution >= 0.6 is 0 Å². The van der Waals surface area contributed by atoms with E-state index < -0.39 is 0 Å². The van der Waals surface area contributed by atoms with Crippen LogP contribution in [0.1, 0.15) is 33.6 Å². The van der Waals surface area contributed by atoms with Crippen LogP contribution in [-0.4, -0.2) is 35.1 Å². The smallest absolute Gasteiger partial charge is 0.124 e. The zero-order valence-electron chi connectivity index (χ0n) is 9.69. The number of fused-ring (bicyclic) bond motifs is 1. The van der Waals surface area contributed by atoms with Gasteiger partial charge in [0.1, 0.15) is 11.2 Å². The molecule has 0 aromatic carbocycles. The molecule has 0 bridgehead atoms. The van der Waals surface area contributed by atoms with Crippen LogP contribution in [-0.2, 0) is 9.47 Å². The molecule has 1 aliphatic heterocycles. The van der Waals surface area contributed by atoms with Crippen molar-refractivity contribution in [2.24, 2.45) is 11.8 Å². The van der Waals surface area contributed by atoms with Gasteiger partial charge in [0.05, 0.1) is 18.8 Å². The van der Waals surface area contributed by atoms with E-state index in [0.29, 0.717) is 18.4 Å². The van der Waals surface area contributed by atoms with E-state index >= 15 is 0 Å². The first-order valence-corrected chi connectivity index (χ1v) is 6.02. The lowest BCUT2D eigenvalue weighted by Crippen LogP contribution is -2.71. The van der Waals surface area contributed by atoms with Gasteiger partial charge in [-0.15, -0.1) is 0 Å². The number of hydrogen-bond donors (Lipinski definition) is 1.